The maximum Gasteiger partial charge on any atom is 0.137 e. The lowest BCUT2D eigenvalue weighted by atomic mass is 10.1. The van der Waals surface area contributed by atoms with Crippen molar-refractivity contribution in [3.8, 4) is 0 Å². The average molecular weight is 312 g/mol. The molecule has 22 heavy (non-hydrogen) atoms. The van der Waals surface area contributed by atoms with Crippen molar-refractivity contribution < 1.29 is 5.11 Å². The van der Waals surface area contributed by atoms with E-state index in [1.165, 1.54) is 11.9 Å². The fourth-order valence-electron chi connectivity index (χ4n) is 3.04. The van der Waals surface area contributed by atoms with Crippen molar-refractivity contribution in [2.45, 2.75) is 18.6 Å². The molecule has 0 amide bonds. The molecular formula is C17H14ClN3O. The Morgan fingerprint density at radius 2 is 2.00 bits per heavy atom. The van der Waals surface area contributed by atoms with Crippen molar-refractivity contribution in [1.82, 2.24) is 9.97 Å². The zero-order chi connectivity index (χ0) is 15.1. The summed E-state index contributed by atoms with van der Waals surface area (Å²) in [6.07, 6.45) is 1.70. The van der Waals surface area contributed by atoms with E-state index in [0.29, 0.717) is 17.3 Å². The summed E-state index contributed by atoms with van der Waals surface area (Å²) < 4.78 is 0. The molecule has 0 bridgehead atoms. The minimum atomic E-state index is -0.463. The van der Waals surface area contributed by atoms with Crippen LogP contribution < -0.4 is 5.32 Å². The number of benzene rings is 2. The SMILES string of the molecule is O[C@H]1Cc2ccccc2[C@H]1Nc1ncnc2cc(Cl)ccc12. The first-order valence-corrected chi connectivity index (χ1v) is 7.53. The van der Waals surface area contributed by atoms with Crippen molar-refractivity contribution in [3.63, 3.8) is 0 Å². The van der Waals surface area contributed by atoms with E-state index in [1.54, 1.807) is 0 Å². The van der Waals surface area contributed by atoms with Crippen molar-refractivity contribution in [1.29, 1.82) is 0 Å². The molecular weight excluding hydrogens is 298 g/mol. The number of fused-ring (bicyclic) bond motifs is 2. The number of rotatable bonds is 2. The number of hydrogen-bond acceptors (Lipinski definition) is 4. The lowest BCUT2D eigenvalue weighted by Crippen LogP contribution is -2.21. The number of aliphatic hydroxyl groups is 1. The Morgan fingerprint density at radius 3 is 2.91 bits per heavy atom. The first kappa shape index (κ1) is 13.5. The summed E-state index contributed by atoms with van der Waals surface area (Å²) in [6, 6.07) is 13.4. The molecule has 2 atom stereocenters. The van der Waals surface area contributed by atoms with Gasteiger partial charge in [0.05, 0.1) is 17.7 Å². The highest BCUT2D eigenvalue weighted by atomic mass is 35.5. The van der Waals surface area contributed by atoms with Gasteiger partial charge in [0.1, 0.15) is 12.1 Å². The predicted molar refractivity (Wildman–Crippen MR) is 87.1 cm³/mol. The number of nitrogens with one attached hydrogen (secondary N) is 1. The highest BCUT2D eigenvalue weighted by Crippen LogP contribution is 2.35. The Balaban J connectivity index is 1.75. The van der Waals surface area contributed by atoms with Crippen LogP contribution in [-0.4, -0.2) is 21.2 Å². The molecule has 3 aromatic rings. The molecule has 5 heteroatoms. The number of aromatic nitrogens is 2. The molecule has 0 unspecified atom stereocenters. The quantitative estimate of drug-likeness (QED) is 0.762. The van der Waals surface area contributed by atoms with Gasteiger partial charge >= 0.3 is 0 Å². The second-order valence-corrected chi connectivity index (χ2v) is 5.91. The van der Waals surface area contributed by atoms with Crippen molar-refractivity contribution in [2.75, 3.05) is 5.32 Å². The van der Waals surface area contributed by atoms with Crippen LogP contribution in [0.1, 0.15) is 17.2 Å². The third-order valence-electron chi connectivity index (χ3n) is 4.09. The minimum Gasteiger partial charge on any atom is -0.390 e. The molecule has 1 aliphatic rings. The summed E-state index contributed by atoms with van der Waals surface area (Å²) in [5.41, 5.74) is 3.08. The molecule has 0 radical (unpaired) electrons. The zero-order valence-corrected chi connectivity index (χ0v) is 12.5. The van der Waals surface area contributed by atoms with Crippen LogP contribution in [0, 0.1) is 0 Å². The van der Waals surface area contributed by atoms with Gasteiger partial charge in [-0.15, -0.1) is 0 Å². The molecule has 110 valence electrons. The fourth-order valence-corrected chi connectivity index (χ4v) is 3.21. The predicted octanol–water partition coefficient (Wildman–Crippen LogP) is 3.35. The Kier molecular flexibility index (Phi) is 3.21. The smallest absolute Gasteiger partial charge is 0.137 e. The van der Waals surface area contributed by atoms with E-state index in [2.05, 4.69) is 21.4 Å². The number of aliphatic hydroxyl groups excluding tert-OH is 1. The molecule has 0 saturated carbocycles. The molecule has 4 rings (SSSR count). The van der Waals surface area contributed by atoms with E-state index in [9.17, 15) is 5.11 Å². The van der Waals surface area contributed by atoms with Crippen LogP contribution in [0.3, 0.4) is 0 Å². The monoisotopic (exact) mass is 311 g/mol. The lowest BCUT2D eigenvalue weighted by molar-refractivity contribution is 0.165. The number of anilines is 1. The van der Waals surface area contributed by atoms with Gasteiger partial charge in [-0.1, -0.05) is 35.9 Å². The van der Waals surface area contributed by atoms with Gasteiger partial charge in [-0.3, -0.25) is 0 Å². The van der Waals surface area contributed by atoms with Crippen molar-refractivity contribution >= 4 is 28.3 Å². The van der Waals surface area contributed by atoms with E-state index < -0.39 is 6.10 Å². The summed E-state index contributed by atoms with van der Waals surface area (Å²) in [5.74, 6) is 0.711. The summed E-state index contributed by atoms with van der Waals surface area (Å²) in [5, 5.41) is 15.3. The van der Waals surface area contributed by atoms with Crippen LogP contribution in [0.5, 0.6) is 0 Å². The van der Waals surface area contributed by atoms with Crippen LogP contribution in [0.4, 0.5) is 5.82 Å². The van der Waals surface area contributed by atoms with Gasteiger partial charge in [0, 0.05) is 16.8 Å². The maximum atomic E-state index is 10.4. The van der Waals surface area contributed by atoms with Crippen LogP contribution in [0.25, 0.3) is 10.9 Å². The largest absolute Gasteiger partial charge is 0.390 e. The highest BCUT2D eigenvalue weighted by Gasteiger charge is 2.31. The van der Waals surface area contributed by atoms with E-state index >= 15 is 0 Å². The lowest BCUT2D eigenvalue weighted by Gasteiger charge is -2.19. The molecule has 1 heterocycles. The number of halogens is 1. The Hall–Kier alpha value is -2.17. The molecule has 0 saturated heterocycles. The van der Waals surface area contributed by atoms with Crippen LogP contribution in [0.15, 0.2) is 48.8 Å². The molecule has 4 nitrogen and oxygen atoms in total. The van der Waals surface area contributed by atoms with E-state index in [1.807, 2.05) is 36.4 Å². The van der Waals surface area contributed by atoms with Gasteiger partial charge in [0.25, 0.3) is 0 Å². The summed E-state index contributed by atoms with van der Waals surface area (Å²) in [7, 11) is 0. The topological polar surface area (TPSA) is 58.0 Å². The van der Waals surface area contributed by atoms with Gasteiger partial charge < -0.3 is 10.4 Å². The summed E-state index contributed by atoms with van der Waals surface area (Å²) in [4.78, 5) is 8.57. The van der Waals surface area contributed by atoms with Gasteiger partial charge in [-0.05, 0) is 29.3 Å². The molecule has 0 aliphatic heterocycles. The fraction of sp³-hybridized carbons (Fsp3) is 0.176. The first-order chi connectivity index (χ1) is 10.7. The van der Waals surface area contributed by atoms with Gasteiger partial charge in [-0.25, -0.2) is 9.97 Å². The standard InChI is InChI=1S/C17H14ClN3O/c18-11-5-6-13-14(8-11)19-9-20-17(13)21-16-12-4-2-1-3-10(12)7-15(16)22/h1-6,8-9,15-16,22H,7H2,(H,19,20,21)/t15-,16+/m0/s1. The molecule has 1 aliphatic carbocycles. The second kappa shape index (κ2) is 5.23. The van der Waals surface area contributed by atoms with Gasteiger partial charge in [0.15, 0.2) is 0 Å². The van der Waals surface area contributed by atoms with E-state index in [4.69, 9.17) is 11.6 Å². The van der Waals surface area contributed by atoms with Crippen LogP contribution in [-0.2, 0) is 6.42 Å². The van der Waals surface area contributed by atoms with Crippen molar-refractivity contribution in [2.24, 2.45) is 0 Å². The summed E-state index contributed by atoms with van der Waals surface area (Å²) in [6.45, 7) is 0. The van der Waals surface area contributed by atoms with Crippen LogP contribution >= 0.6 is 11.6 Å². The highest BCUT2D eigenvalue weighted by molar-refractivity contribution is 6.31. The zero-order valence-electron chi connectivity index (χ0n) is 11.7. The molecule has 0 spiro atoms. The second-order valence-electron chi connectivity index (χ2n) is 5.48. The molecule has 0 fully saturated rings. The average Bonchev–Trinajstić information content (AvgIpc) is 2.83. The van der Waals surface area contributed by atoms with Crippen molar-refractivity contribution in [3.05, 3.63) is 64.9 Å². The number of hydrogen-bond donors (Lipinski definition) is 2. The van der Waals surface area contributed by atoms with E-state index in [0.717, 1.165) is 16.5 Å². The van der Waals surface area contributed by atoms with E-state index in [-0.39, 0.29) is 6.04 Å². The molecule has 1 aromatic heterocycles. The Labute approximate surface area is 132 Å². The number of nitrogens with zero attached hydrogens (tertiary/aromatic N) is 2. The molecule has 2 aromatic carbocycles. The third-order valence-corrected chi connectivity index (χ3v) is 4.33. The van der Waals surface area contributed by atoms with Gasteiger partial charge in [0.2, 0.25) is 0 Å². The first-order valence-electron chi connectivity index (χ1n) is 7.15. The Bertz CT molecular complexity index is 852. The minimum absolute atomic E-state index is 0.162. The Morgan fingerprint density at radius 1 is 1.14 bits per heavy atom. The van der Waals surface area contributed by atoms with Crippen LogP contribution in [0.2, 0.25) is 5.02 Å². The normalized spacial score (nSPS) is 20.1. The summed E-state index contributed by atoms with van der Waals surface area (Å²) >= 11 is 6.01. The third kappa shape index (κ3) is 2.21. The molecule has 2 N–H and O–H groups in total. The maximum absolute atomic E-state index is 10.4. The van der Waals surface area contributed by atoms with Gasteiger partial charge in [-0.2, -0.15) is 0 Å².